The van der Waals surface area contributed by atoms with Crippen LogP contribution < -0.4 is 0 Å². The molecule has 1 fully saturated rings. The van der Waals surface area contributed by atoms with Gasteiger partial charge in [0.1, 0.15) is 11.2 Å². The third-order valence-electron chi connectivity index (χ3n) is 2.44. The van der Waals surface area contributed by atoms with Gasteiger partial charge in [-0.3, -0.25) is 0 Å². The van der Waals surface area contributed by atoms with Gasteiger partial charge in [0.25, 0.3) is 0 Å². The van der Waals surface area contributed by atoms with Gasteiger partial charge in [-0.15, -0.1) is 0 Å². The van der Waals surface area contributed by atoms with E-state index in [-0.39, 0.29) is 11.7 Å². The second-order valence-electron chi connectivity index (χ2n) is 6.83. The van der Waals surface area contributed by atoms with Crippen LogP contribution in [0.2, 0.25) is 0 Å². The zero-order valence-electron chi connectivity index (χ0n) is 12.9. The number of nitrogens with zero attached hydrogens (tertiary/aromatic N) is 2. The summed E-state index contributed by atoms with van der Waals surface area (Å²) in [5, 5.41) is 4.16. The second kappa shape index (κ2) is 5.80. The van der Waals surface area contributed by atoms with Gasteiger partial charge in [0, 0.05) is 25.9 Å². The van der Waals surface area contributed by atoms with Gasteiger partial charge >= 0.3 is 6.09 Å². The van der Waals surface area contributed by atoms with Gasteiger partial charge in [-0.25, -0.2) is 4.79 Å². The fourth-order valence-electron chi connectivity index (χ4n) is 1.57. The maximum absolute atomic E-state index is 11.9. The molecule has 1 saturated heterocycles. The molecule has 1 heterocycles. The van der Waals surface area contributed by atoms with Crippen LogP contribution in [0.5, 0.6) is 0 Å². The quantitative estimate of drug-likeness (QED) is 0.688. The van der Waals surface area contributed by atoms with Crippen molar-refractivity contribution < 1.29 is 14.4 Å². The molecule has 0 N–H and O–H groups in total. The third kappa shape index (κ3) is 6.45. The lowest BCUT2D eigenvalue weighted by molar-refractivity contribution is -0.00118. The summed E-state index contributed by atoms with van der Waals surface area (Å²) in [6.07, 6.45) is 1.24. The van der Waals surface area contributed by atoms with Crippen LogP contribution in [0, 0.1) is 0 Å². The Kier molecular flexibility index (Phi) is 4.82. The Morgan fingerprint density at radius 1 is 1.05 bits per heavy atom. The van der Waals surface area contributed by atoms with E-state index in [1.807, 2.05) is 41.5 Å². The van der Waals surface area contributed by atoms with Crippen molar-refractivity contribution in [3.8, 4) is 0 Å². The maximum Gasteiger partial charge on any atom is 0.410 e. The van der Waals surface area contributed by atoms with Gasteiger partial charge < -0.3 is 14.5 Å². The van der Waals surface area contributed by atoms with Crippen LogP contribution in [-0.2, 0) is 9.57 Å². The number of carbonyl (C=O) groups excluding carboxylic acids is 1. The number of oxime groups is 1. The van der Waals surface area contributed by atoms with Crippen molar-refractivity contribution in [3.63, 3.8) is 0 Å². The van der Waals surface area contributed by atoms with Crippen LogP contribution in [0.15, 0.2) is 5.16 Å². The third-order valence-corrected chi connectivity index (χ3v) is 2.44. The Bertz CT molecular complexity index is 341. The molecule has 0 bridgehead atoms. The Hall–Kier alpha value is -1.26. The number of rotatable bonds is 1. The largest absolute Gasteiger partial charge is 0.444 e. The molecule has 1 amide bonds. The molecular weight excluding hydrogens is 244 g/mol. The molecule has 1 rings (SSSR count). The van der Waals surface area contributed by atoms with Crippen molar-refractivity contribution in [1.29, 1.82) is 0 Å². The van der Waals surface area contributed by atoms with Crippen LogP contribution in [-0.4, -0.2) is 41.0 Å². The molecule has 0 aliphatic carbocycles. The summed E-state index contributed by atoms with van der Waals surface area (Å²) in [6.45, 7) is 12.8. The summed E-state index contributed by atoms with van der Waals surface area (Å²) in [7, 11) is 0. The van der Waals surface area contributed by atoms with Crippen LogP contribution in [0.1, 0.15) is 54.4 Å². The summed E-state index contributed by atoms with van der Waals surface area (Å²) in [4.78, 5) is 19.0. The van der Waals surface area contributed by atoms with E-state index in [0.29, 0.717) is 13.1 Å². The highest BCUT2D eigenvalue weighted by atomic mass is 16.6. The highest BCUT2D eigenvalue weighted by molar-refractivity contribution is 5.86. The predicted molar refractivity (Wildman–Crippen MR) is 75.3 cm³/mol. The molecule has 0 aromatic heterocycles. The number of hydrogen-bond donors (Lipinski definition) is 0. The summed E-state index contributed by atoms with van der Waals surface area (Å²) < 4.78 is 5.34. The summed E-state index contributed by atoms with van der Waals surface area (Å²) in [5.74, 6) is 0. The monoisotopic (exact) mass is 270 g/mol. The van der Waals surface area contributed by atoms with Crippen LogP contribution in [0.4, 0.5) is 4.79 Å². The normalized spacial score (nSPS) is 17.2. The summed E-state index contributed by atoms with van der Waals surface area (Å²) in [6, 6.07) is 0. The summed E-state index contributed by atoms with van der Waals surface area (Å²) >= 11 is 0. The molecule has 0 saturated carbocycles. The Balaban J connectivity index is 2.43. The predicted octanol–water partition coefficient (Wildman–Crippen LogP) is 3.19. The van der Waals surface area contributed by atoms with E-state index in [2.05, 4.69) is 5.16 Å². The van der Waals surface area contributed by atoms with E-state index in [1.165, 1.54) is 0 Å². The first-order valence-corrected chi connectivity index (χ1v) is 6.79. The molecule has 1 aliphatic heterocycles. The van der Waals surface area contributed by atoms with Crippen LogP contribution >= 0.6 is 0 Å². The molecule has 0 atom stereocenters. The van der Waals surface area contributed by atoms with Crippen molar-refractivity contribution in [2.75, 3.05) is 13.1 Å². The van der Waals surface area contributed by atoms with Gasteiger partial charge in [0.05, 0.1) is 5.71 Å². The van der Waals surface area contributed by atoms with Crippen LogP contribution in [0.25, 0.3) is 0 Å². The molecule has 0 aromatic carbocycles. The highest BCUT2D eigenvalue weighted by Gasteiger charge is 2.25. The second-order valence-corrected chi connectivity index (χ2v) is 6.83. The molecule has 1 aliphatic rings. The zero-order chi connectivity index (χ0) is 14.7. The smallest absolute Gasteiger partial charge is 0.410 e. The molecule has 0 radical (unpaired) electrons. The SMILES string of the molecule is CC(C)(C)ON=C1CCN(C(=O)OC(C)(C)C)CC1. The number of likely N-dealkylation sites (tertiary alicyclic amines) is 1. The van der Waals surface area contributed by atoms with Crippen molar-refractivity contribution in [1.82, 2.24) is 4.90 Å². The summed E-state index contributed by atoms with van der Waals surface area (Å²) in [5.41, 5.74) is 0.297. The number of hydrogen-bond acceptors (Lipinski definition) is 4. The van der Waals surface area contributed by atoms with E-state index < -0.39 is 5.60 Å². The van der Waals surface area contributed by atoms with Crippen molar-refractivity contribution in [2.45, 2.75) is 65.6 Å². The number of amides is 1. The standard InChI is InChI=1S/C14H26N2O3/c1-13(2,3)18-12(17)16-9-7-11(8-10-16)15-19-14(4,5)6/h7-10H2,1-6H3. The molecular formula is C14H26N2O3. The fraction of sp³-hybridized carbons (Fsp3) is 0.857. The minimum Gasteiger partial charge on any atom is -0.444 e. The Labute approximate surface area is 115 Å². The first kappa shape index (κ1) is 15.8. The van der Waals surface area contributed by atoms with Gasteiger partial charge in [-0.1, -0.05) is 5.16 Å². The number of carbonyl (C=O) groups is 1. The highest BCUT2D eigenvalue weighted by Crippen LogP contribution is 2.15. The van der Waals surface area contributed by atoms with Crippen molar-refractivity contribution in [2.24, 2.45) is 5.16 Å². The number of ether oxygens (including phenoxy) is 1. The van der Waals surface area contributed by atoms with E-state index in [9.17, 15) is 4.79 Å². The molecule has 0 spiro atoms. The maximum atomic E-state index is 11.9. The average Bonchev–Trinajstić information content (AvgIpc) is 2.23. The van der Waals surface area contributed by atoms with Gasteiger partial charge in [-0.2, -0.15) is 0 Å². The van der Waals surface area contributed by atoms with Gasteiger partial charge in [0.2, 0.25) is 0 Å². The van der Waals surface area contributed by atoms with Gasteiger partial charge in [-0.05, 0) is 41.5 Å². The van der Waals surface area contributed by atoms with Gasteiger partial charge in [0.15, 0.2) is 0 Å². The lowest BCUT2D eigenvalue weighted by Crippen LogP contribution is -2.42. The van der Waals surface area contributed by atoms with E-state index in [1.54, 1.807) is 4.90 Å². The molecule has 110 valence electrons. The molecule has 0 unspecified atom stereocenters. The molecule has 19 heavy (non-hydrogen) atoms. The minimum absolute atomic E-state index is 0.247. The molecule has 0 aromatic rings. The Morgan fingerprint density at radius 3 is 2.00 bits per heavy atom. The van der Waals surface area contributed by atoms with Crippen molar-refractivity contribution in [3.05, 3.63) is 0 Å². The van der Waals surface area contributed by atoms with E-state index in [4.69, 9.17) is 9.57 Å². The minimum atomic E-state index is -0.444. The fourth-order valence-corrected chi connectivity index (χ4v) is 1.57. The lowest BCUT2D eigenvalue weighted by atomic mass is 10.1. The van der Waals surface area contributed by atoms with Crippen molar-refractivity contribution >= 4 is 11.8 Å². The zero-order valence-corrected chi connectivity index (χ0v) is 12.9. The lowest BCUT2D eigenvalue weighted by Gasteiger charge is -2.30. The average molecular weight is 270 g/mol. The molecule has 5 heteroatoms. The first-order valence-electron chi connectivity index (χ1n) is 6.79. The Morgan fingerprint density at radius 2 is 1.58 bits per heavy atom. The first-order chi connectivity index (χ1) is 8.57. The van der Waals surface area contributed by atoms with E-state index in [0.717, 1.165) is 18.6 Å². The number of piperidine rings is 1. The topological polar surface area (TPSA) is 51.1 Å². The molecule has 5 nitrogen and oxygen atoms in total. The van der Waals surface area contributed by atoms with E-state index >= 15 is 0 Å². The van der Waals surface area contributed by atoms with Crippen LogP contribution in [0.3, 0.4) is 0 Å².